The van der Waals surface area contributed by atoms with E-state index in [1.54, 1.807) is 0 Å². The smallest absolute Gasteiger partial charge is 0.107 e. The van der Waals surface area contributed by atoms with Crippen LogP contribution in [0.2, 0.25) is 0 Å². The molecule has 0 bridgehead atoms. The van der Waals surface area contributed by atoms with Crippen LogP contribution in [-0.4, -0.2) is 28.7 Å². The van der Waals surface area contributed by atoms with Gasteiger partial charge in [0.1, 0.15) is 13.2 Å². The van der Waals surface area contributed by atoms with Crippen LogP contribution in [0.4, 0.5) is 0 Å². The summed E-state index contributed by atoms with van der Waals surface area (Å²) in [6, 6.07) is 10.3. The van der Waals surface area contributed by atoms with Gasteiger partial charge in [0.25, 0.3) is 0 Å². The highest BCUT2D eigenvalue weighted by atomic mass is 31.2. The third-order valence-corrected chi connectivity index (χ3v) is 9.13. The fourth-order valence-corrected chi connectivity index (χ4v) is 8.32. The molecule has 0 N–H and O–H groups in total. The van der Waals surface area contributed by atoms with E-state index in [9.17, 15) is 4.57 Å². The third kappa shape index (κ3) is 6.73. The van der Waals surface area contributed by atoms with Crippen molar-refractivity contribution in [3.63, 3.8) is 0 Å². The summed E-state index contributed by atoms with van der Waals surface area (Å²) in [5.41, 5.74) is 0.738. The van der Waals surface area contributed by atoms with Crippen molar-refractivity contribution in [3.05, 3.63) is 35.9 Å². The van der Waals surface area contributed by atoms with Crippen molar-refractivity contribution in [2.24, 2.45) is 5.41 Å². The van der Waals surface area contributed by atoms with E-state index < -0.39 is 7.14 Å². The highest BCUT2D eigenvalue weighted by Crippen LogP contribution is 2.60. The summed E-state index contributed by atoms with van der Waals surface area (Å²) in [7, 11) is -2.45. The molecule has 2 unspecified atom stereocenters. The first-order chi connectivity index (χ1) is 12.4. The van der Waals surface area contributed by atoms with Gasteiger partial charge in [-0.3, -0.25) is 4.84 Å². The lowest BCUT2D eigenvalue weighted by molar-refractivity contribution is -0.261. The summed E-state index contributed by atoms with van der Waals surface area (Å²) in [6.45, 7) is 19.4. The van der Waals surface area contributed by atoms with E-state index in [1.165, 1.54) is 0 Å². The fraction of sp³-hybridized carbons (Fsp3) is 0.739. The van der Waals surface area contributed by atoms with Crippen LogP contribution in [-0.2, 0) is 9.40 Å². The molecule has 1 rings (SSSR count). The van der Waals surface area contributed by atoms with Crippen LogP contribution in [0.15, 0.2) is 30.3 Å². The SMILES string of the molecule is CCCP(=O)(CCC)C(N(OC(C)c1ccccc1)C(C)(C)C)C(C)(C)C. The normalized spacial score (nSPS) is 15.8. The van der Waals surface area contributed by atoms with Gasteiger partial charge in [-0.25, -0.2) is 0 Å². The number of hydrogen-bond acceptors (Lipinski definition) is 3. The average molecular weight is 396 g/mol. The van der Waals surface area contributed by atoms with E-state index in [4.69, 9.17) is 4.84 Å². The minimum Gasteiger partial charge on any atom is -0.322 e. The summed E-state index contributed by atoms with van der Waals surface area (Å²) < 4.78 is 14.2. The largest absolute Gasteiger partial charge is 0.322 e. The highest BCUT2D eigenvalue weighted by molar-refractivity contribution is 7.64. The molecule has 0 saturated carbocycles. The van der Waals surface area contributed by atoms with Gasteiger partial charge in [-0.05, 0) is 51.5 Å². The number of hydroxylamine groups is 2. The second kappa shape index (κ2) is 9.72. The molecule has 3 nitrogen and oxygen atoms in total. The van der Waals surface area contributed by atoms with E-state index in [1.807, 2.05) is 18.2 Å². The third-order valence-electron chi connectivity index (χ3n) is 4.85. The maximum atomic E-state index is 14.2. The van der Waals surface area contributed by atoms with Crippen LogP contribution in [0.25, 0.3) is 0 Å². The Bertz CT molecular complexity index is 591. The van der Waals surface area contributed by atoms with Gasteiger partial charge in [-0.1, -0.05) is 65.0 Å². The molecule has 0 spiro atoms. The molecule has 0 aromatic heterocycles. The molecule has 2 atom stereocenters. The van der Waals surface area contributed by atoms with Crippen molar-refractivity contribution in [1.29, 1.82) is 0 Å². The van der Waals surface area contributed by atoms with Gasteiger partial charge in [0.2, 0.25) is 0 Å². The van der Waals surface area contributed by atoms with E-state index in [2.05, 4.69) is 79.5 Å². The predicted molar refractivity (Wildman–Crippen MR) is 119 cm³/mol. The minimum atomic E-state index is -2.45. The maximum absolute atomic E-state index is 14.2. The number of benzene rings is 1. The lowest BCUT2D eigenvalue weighted by Gasteiger charge is -2.50. The first kappa shape index (κ1) is 24.4. The van der Waals surface area contributed by atoms with E-state index in [0.29, 0.717) is 0 Å². The minimum absolute atomic E-state index is 0.0908. The number of nitrogens with zero attached hydrogens (tertiary/aromatic N) is 1. The first-order valence-electron chi connectivity index (χ1n) is 10.5. The van der Waals surface area contributed by atoms with Crippen LogP contribution in [0, 0.1) is 5.41 Å². The topological polar surface area (TPSA) is 29.5 Å². The lowest BCUT2D eigenvalue weighted by Crippen LogP contribution is -2.53. The van der Waals surface area contributed by atoms with Crippen LogP contribution in [0.1, 0.15) is 86.8 Å². The standard InChI is InChI=1S/C23H42NO2P/c1-10-17-27(25,18-11-2)21(22(4,5)6)24(23(7,8)9)26-19(3)20-15-13-12-14-16-20/h12-16,19,21H,10-11,17-18H2,1-9H3. The molecule has 0 aliphatic carbocycles. The van der Waals surface area contributed by atoms with Gasteiger partial charge in [0.15, 0.2) is 0 Å². The molecular formula is C23H42NO2P. The quantitative estimate of drug-likeness (QED) is 0.324. The Hall–Kier alpha value is -0.630. The Morgan fingerprint density at radius 2 is 1.44 bits per heavy atom. The van der Waals surface area contributed by atoms with Crippen LogP contribution in [0.3, 0.4) is 0 Å². The summed E-state index contributed by atoms with van der Waals surface area (Å²) in [5, 5.41) is 2.08. The number of hydrogen-bond donors (Lipinski definition) is 0. The molecule has 0 aliphatic heterocycles. The fourth-order valence-electron chi connectivity index (χ4n) is 3.90. The summed E-state index contributed by atoms with van der Waals surface area (Å²) >= 11 is 0. The second-order valence-corrected chi connectivity index (χ2v) is 13.1. The Balaban J connectivity index is 3.39. The van der Waals surface area contributed by atoms with Crippen LogP contribution in [0.5, 0.6) is 0 Å². The molecule has 156 valence electrons. The van der Waals surface area contributed by atoms with Crippen molar-refractivity contribution >= 4 is 7.14 Å². The van der Waals surface area contributed by atoms with Gasteiger partial charge in [0.05, 0.1) is 5.78 Å². The summed E-state index contributed by atoms with van der Waals surface area (Å²) in [4.78, 5) is 6.59. The molecule has 0 radical (unpaired) electrons. The highest BCUT2D eigenvalue weighted by Gasteiger charge is 2.48. The van der Waals surface area contributed by atoms with Crippen LogP contribution < -0.4 is 0 Å². The van der Waals surface area contributed by atoms with Crippen molar-refractivity contribution in [2.75, 3.05) is 12.3 Å². The van der Waals surface area contributed by atoms with E-state index >= 15 is 0 Å². The van der Waals surface area contributed by atoms with Crippen molar-refractivity contribution in [2.45, 2.75) is 92.6 Å². The molecule has 1 aromatic rings. The zero-order valence-corrected chi connectivity index (χ0v) is 20.0. The van der Waals surface area contributed by atoms with E-state index in [-0.39, 0.29) is 22.8 Å². The first-order valence-corrected chi connectivity index (χ1v) is 12.6. The predicted octanol–water partition coefficient (Wildman–Crippen LogP) is 7.34. The number of rotatable bonds is 9. The molecule has 0 amide bonds. The lowest BCUT2D eigenvalue weighted by atomic mass is 9.94. The van der Waals surface area contributed by atoms with Gasteiger partial charge in [0, 0.05) is 17.9 Å². The zero-order valence-electron chi connectivity index (χ0n) is 19.1. The Morgan fingerprint density at radius 1 is 0.963 bits per heavy atom. The van der Waals surface area contributed by atoms with E-state index in [0.717, 1.165) is 30.7 Å². The van der Waals surface area contributed by atoms with Gasteiger partial charge >= 0.3 is 0 Å². The Morgan fingerprint density at radius 3 is 1.81 bits per heavy atom. The van der Waals surface area contributed by atoms with Crippen molar-refractivity contribution < 1.29 is 9.40 Å². The van der Waals surface area contributed by atoms with Crippen LogP contribution >= 0.6 is 7.14 Å². The van der Waals surface area contributed by atoms with Gasteiger partial charge < -0.3 is 4.57 Å². The summed E-state index contributed by atoms with van der Waals surface area (Å²) in [6.07, 6.45) is 3.34. The van der Waals surface area contributed by atoms with Crippen molar-refractivity contribution in [3.8, 4) is 0 Å². The average Bonchev–Trinajstić information content (AvgIpc) is 2.53. The maximum Gasteiger partial charge on any atom is 0.107 e. The summed E-state index contributed by atoms with van der Waals surface area (Å²) in [5.74, 6) is -0.115. The molecular weight excluding hydrogens is 353 g/mol. The van der Waals surface area contributed by atoms with Gasteiger partial charge in [-0.15, -0.1) is 0 Å². The molecule has 0 fully saturated rings. The van der Waals surface area contributed by atoms with Crippen molar-refractivity contribution in [1.82, 2.24) is 5.06 Å². The molecule has 0 saturated heterocycles. The molecule has 0 heterocycles. The molecule has 4 heteroatoms. The Labute approximate surface area is 168 Å². The monoisotopic (exact) mass is 395 g/mol. The van der Waals surface area contributed by atoms with Gasteiger partial charge in [-0.2, -0.15) is 5.06 Å². The second-order valence-electron chi connectivity index (χ2n) is 9.79. The molecule has 27 heavy (non-hydrogen) atoms. The zero-order chi connectivity index (χ0) is 20.9. The molecule has 0 aliphatic rings. The Kier molecular flexibility index (Phi) is 8.79. The molecule has 1 aromatic carbocycles.